The Balaban J connectivity index is 2.36. The number of hydrogen-bond acceptors (Lipinski definition) is 4. The van der Waals surface area contributed by atoms with Crippen LogP contribution in [0.2, 0.25) is 0 Å². The summed E-state index contributed by atoms with van der Waals surface area (Å²) >= 11 is 0. The molecule has 5 nitrogen and oxygen atoms in total. The number of benzene rings is 1. The van der Waals surface area contributed by atoms with Gasteiger partial charge in [-0.3, -0.25) is 9.59 Å². The van der Waals surface area contributed by atoms with Crippen LogP contribution in [0.4, 0.5) is 0 Å². The molecular weight excluding hydrogens is 270 g/mol. The van der Waals surface area contributed by atoms with Gasteiger partial charge in [0, 0.05) is 6.42 Å². The molecule has 1 unspecified atom stereocenters. The number of rotatable bonds is 8. The summed E-state index contributed by atoms with van der Waals surface area (Å²) in [4.78, 5) is 23.1. The average Bonchev–Trinajstić information content (AvgIpc) is 2.45. The van der Waals surface area contributed by atoms with Gasteiger partial charge >= 0.3 is 5.97 Å². The second-order valence-electron chi connectivity index (χ2n) is 5.18. The van der Waals surface area contributed by atoms with Crippen LogP contribution in [0.25, 0.3) is 0 Å². The monoisotopic (exact) mass is 293 g/mol. The number of amides is 1. The summed E-state index contributed by atoms with van der Waals surface area (Å²) in [6.45, 7) is 3.39. The molecule has 0 saturated carbocycles. The van der Waals surface area contributed by atoms with Crippen LogP contribution >= 0.6 is 0 Å². The van der Waals surface area contributed by atoms with Gasteiger partial charge in [-0.05, 0) is 25.8 Å². The van der Waals surface area contributed by atoms with E-state index in [1.807, 2.05) is 30.3 Å². The molecule has 0 aliphatic rings. The van der Waals surface area contributed by atoms with Crippen molar-refractivity contribution in [3.8, 4) is 0 Å². The van der Waals surface area contributed by atoms with Gasteiger partial charge in [0.2, 0.25) is 5.91 Å². The van der Waals surface area contributed by atoms with Crippen LogP contribution in [0.3, 0.4) is 0 Å². The van der Waals surface area contributed by atoms with Crippen LogP contribution < -0.4 is 5.32 Å². The van der Waals surface area contributed by atoms with Gasteiger partial charge < -0.3 is 15.2 Å². The van der Waals surface area contributed by atoms with E-state index < -0.39 is 0 Å². The molecule has 1 aromatic carbocycles. The molecule has 116 valence electrons. The van der Waals surface area contributed by atoms with Crippen molar-refractivity contribution in [3.05, 3.63) is 35.9 Å². The first-order valence-electron chi connectivity index (χ1n) is 7.15. The molecule has 0 heterocycles. The predicted molar refractivity (Wildman–Crippen MR) is 79.6 cm³/mol. The van der Waals surface area contributed by atoms with Crippen molar-refractivity contribution in [1.29, 1.82) is 0 Å². The van der Waals surface area contributed by atoms with Crippen molar-refractivity contribution in [2.24, 2.45) is 0 Å². The van der Waals surface area contributed by atoms with Crippen LogP contribution in [0, 0.1) is 0 Å². The summed E-state index contributed by atoms with van der Waals surface area (Å²) in [6.07, 6.45) is 0.493. The van der Waals surface area contributed by atoms with E-state index in [9.17, 15) is 14.7 Å². The summed E-state index contributed by atoms with van der Waals surface area (Å²) in [6, 6.07) is 9.27. The van der Waals surface area contributed by atoms with E-state index >= 15 is 0 Å². The first-order valence-corrected chi connectivity index (χ1v) is 7.15. The van der Waals surface area contributed by atoms with Gasteiger partial charge in [0.15, 0.2) is 0 Å². The Kier molecular flexibility index (Phi) is 7.46. The second-order valence-corrected chi connectivity index (χ2v) is 5.18. The second kappa shape index (κ2) is 9.13. The van der Waals surface area contributed by atoms with E-state index in [0.717, 1.165) is 5.56 Å². The number of aliphatic hydroxyl groups excluding tert-OH is 1. The van der Waals surface area contributed by atoms with Crippen molar-refractivity contribution < 1.29 is 19.4 Å². The van der Waals surface area contributed by atoms with Gasteiger partial charge in [-0.2, -0.15) is 0 Å². The van der Waals surface area contributed by atoms with E-state index in [1.54, 1.807) is 13.8 Å². The largest absolute Gasteiger partial charge is 0.463 e. The number of carbonyl (C=O) groups is 2. The molecule has 2 N–H and O–H groups in total. The lowest BCUT2D eigenvalue weighted by molar-refractivity contribution is -0.148. The zero-order chi connectivity index (χ0) is 15.7. The van der Waals surface area contributed by atoms with Crippen LogP contribution in [0.5, 0.6) is 0 Å². The molecular formula is C16H23NO4. The predicted octanol–water partition coefficient (Wildman–Crippen LogP) is 1.44. The van der Waals surface area contributed by atoms with Crippen LogP contribution in [-0.2, 0) is 20.7 Å². The standard InChI is InChI=1S/C16H23NO4/c1-12(2)21-16(20)9-8-15(19)17-14(11-18)10-13-6-4-3-5-7-13/h3-7,12,14,18H,8-11H2,1-2H3,(H,17,19). The van der Waals surface area contributed by atoms with Crippen molar-refractivity contribution >= 4 is 11.9 Å². The van der Waals surface area contributed by atoms with Gasteiger partial charge in [0.25, 0.3) is 0 Å². The maximum atomic E-state index is 11.8. The number of esters is 1. The van der Waals surface area contributed by atoms with Gasteiger partial charge in [-0.1, -0.05) is 30.3 Å². The molecule has 0 radical (unpaired) electrons. The zero-order valence-electron chi connectivity index (χ0n) is 12.5. The summed E-state index contributed by atoms with van der Waals surface area (Å²) in [7, 11) is 0. The number of ether oxygens (including phenoxy) is 1. The van der Waals surface area contributed by atoms with E-state index in [0.29, 0.717) is 6.42 Å². The van der Waals surface area contributed by atoms with E-state index in [-0.39, 0.29) is 43.5 Å². The Morgan fingerprint density at radius 2 is 1.86 bits per heavy atom. The molecule has 21 heavy (non-hydrogen) atoms. The lowest BCUT2D eigenvalue weighted by Gasteiger charge is -2.16. The molecule has 5 heteroatoms. The highest BCUT2D eigenvalue weighted by Crippen LogP contribution is 2.04. The number of carbonyl (C=O) groups excluding carboxylic acids is 2. The zero-order valence-corrected chi connectivity index (χ0v) is 12.5. The Morgan fingerprint density at radius 3 is 2.43 bits per heavy atom. The topological polar surface area (TPSA) is 75.6 Å². The fourth-order valence-corrected chi connectivity index (χ4v) is 1.90. The van der Waals surface area contributed by atoms with Crippen molar-refractivity contribution in [1.82, 2.24) is 5.32 Å². The minimum Gasteiger partial charge on any atom is -0.463 e. The number of aliphatic hydroxyl groups is 1. The Hall–Kier alpha value is -1.88. The lowest BCUT2D eigenvalue weighted by Crippen LogP contribution is -2.39. The lowest BCUT2D eigenvalue weighted by atomic mass is 10.1. The van der Waals surface area contributed by atoms with Gasteiger partial charge in [-0.15, -0.1) is 0 Å². The smallest absolute Gasteiger partial charge is 0.306 e. The highest BCUT2D eigenvalue weighted by molar-refractivity contribution is 5.81. The molecule has 0 fully saturated rings. The first kappa shape index (κ1) is 17.2. The SMILES string of the molecule is CC(C)OC(=O)CCC(=O)NC(CO)Cc1ccccc1. The van der Waals surface area contributed by atoms with Crippen LogP contribution in [-0.4, -0.2) is 35.7 Å². The highest BCUT2D eigenvalue weighted by Gasteiger charge is 2.14. The molecule has 0 aliphatic carbocycles. The summed E-state index contributed by atoms with van der Waals surface area (Å²) in [5.74, 6) is -0.644. The fourth-order valence-electron chi connectivity index (χ4n) is 1.90. The average molecular weight is 293 g/mol. The van der Waals surface area contributed by atoms with Crippen molar-refractivity contribution in [2.45, 2.75) is 45.3 Å². The maximum absolute atomic E-state index is 11.8. The third kappa shape index (κ3) is 7.46. The molecule has 0 bridgehead atoms. The Bertz CT molecular complexity index is 445. The quantitative estimate of drug-likeness (QED) is 0.711. The minimum absolute atomic E-state index is 0.0491. The van der Waals surface area contributed by atoms with Crippen molar-refractivity contribution in [3.63, 3.8) is 0 Å². The first-order chi connectivity index (χ1) is 10.0. The third-order valence-electron chi connectivity index (χ3n) is 2.83. The molecule has 0 aromatic heterocycles. The van der Waals surface area contributed by atoms with Gasteiger partial charge in [0.05, 0.1) is 25.2 Å². The fraction of sp³-hybridized carbons (Fsp3) is 0.500. The maximum Gasteiger partial charge on any atom is 0.306 e. The van der Waals surface area contributed by atoms with E-state index in [4.69, 9.17) is 4.74 Å². The normalized spacial score (nSPS) is 12.0. The molecule has 0 saturated heterocycles. The summed E-state index contributed by atoms with van der Waals surface area (Å²) < 4.78 is 4.96. The van der Waals surface area contributed by atoms with Gasteiger partial charge in [0.1, 0.15) is 0 Å². The molecule has 1 atom stereocenters. The number of nitrogens with one attached hydrogen (secondary N) is 1. The minimum atomic E-state index is -0.385. The Morgan fingerprint density at radius 1 is 1.19 bits per heavy atom. The van der Waals surface area contributed by atoms with Crippen LogP contribution in [0.15, 0.2) is 30.3 Å². The number of hydrogen-bond donors (Lipinski definition) is 2. The summed E-state index contributed by atoms with van der Waals surface area (Å²) in [5.41, 5.74) is 1.04. The van der Waals surface area contributed by atoms with E-state index in [2.05, 4.69) is 5.32 Å². The highest BCUT2D eigenvalue weighted by atomic mass is 16.5. The molecule has 1 amide bonds. The molecule has 1 rings (SSSR count). The molecule has 0 spiro atoms. The van der Waals surface area contributed by atoms with Crippen LogP contribution in [0.1, 0.15) is 32.3 Å². The Labute approximate surface area is 125 Å². The third-order valence-corrected chi connectivity index (χ3v) is 2.83. The van der Waals surface area contributed by atoms with Gasteiger partial charge in [-0.25, -0.2) is 0 Å². The van der Waals surface area contributed by atoms with E-state index in [1.165, 1.54) is 0 Å². The van der Waals surface area contributed by atoms with Crippen molar-refractivity contribution in [2.75, 3.05) is 6.61 Å². The molecule has 1 aromatic rings. The molecule has 0 aliphatic heterocycles. The summed E-state index contributed by atoms with van der Waals surface area (Å²) in [5, 5.41) is 12.1.